The lowest BCUT2D eigenvalue weighted by molar-refractivity contribution is -0.119. The SMILES string of the molecule is CCNC(=O)c1cccc(NC(=O)COC(=O)c2cccnc2SC(F)F)c1. The van der Waals surface area contributed by atoms with Gasteiger partial charge in [-0.25, -0.2) is 9.78 Å². The molecule has 0 spiro atoms. The van der Waals surface area contributed by atoms with Crippen molar-refractivity contribution in [3.63, 3.8) is 0 Å². The van der Waals surface area contributed by atoms with Crippen LogP contribution in [0.5, 0.6) is 0 Å². The summed E-state index contributed by atoms with van der Waals surface area (Å²) < 4.78 is 29.9. The Morgan fingerprint density at radius 1 is 1.21 bits per heavy atom. The van der Waals surface area contributed by atoms with E-state index >= 15 is 0 Å². The summed E-state index contributed by atoms with van der Waals surface area (Å²) in [6.07, 6.45) is 1.27. The van der Waals surface area contributed by atoms with Crippen molar-refractivity contribution in [2.75, 3.05) is 18.5 Å². The first-order valence-electron chi connectivity index (χ1n) is 8.15. The Bertz CT molecular complexity index is 864. The molecule has 0 aliphatic heterocycles. The van der Waals surface area contributed by atoms with Crippen LogP contribution in [0.3, 0.4) is 0 Å². The van der Waals surface area contributed by atoms with Gasteiger partial charge in [0.15, 0.2) is 6.61 Å². The minimum Gasteiger partial charge on any atom is -0.452 e. The lowest BCUT2D eigenvalue weighted by Crippen LogP contribution is -2.23. The molecule has 1 aromatic carbocycles. The first-order valence-corrected chi connectivity index (χ1v) is 9.03. The van der Waals surface area contributed by atoms with E-state index in [1.165, 1.54) is 24.4 Å². The second kappa shape index (κ2) is 10.4. The first kappa shape index (κ1) is 21.3. The summed E-state index contributed by atoms with van der Waals surface area (Å²) in [4.78, 5) is 39.6. The highest BCUT2D eigenvalue weighted by Gasteiger charge is 2.19. The van der Waals surface area contributed by atoms with Crippen molar-refractivity contribution in [1.29, 1.82) is 0 Å². The average molecular weight is 409 g/mol. The number of esters is 1. The number of pyridine rings is 1. The highest BCUT2D eigenvalue weighted by atomic mass is 32.2. The third kappa shape index (κ3) is 6.31. The van der Waals surface area contributed by atoms with Crippen molar-refractivity contribution in [2.45, 2.75) is 17.7 Å². The molecule has 2 aromatic rings. The van der Waals surface area contributed by atoms with Gasteiger partial charge in [-0.05, 0) is 49.0 Å². The van der Waals surface area contributed by atoms with Crippen molar-refractivity contribution in [1.82, 2.24) is 10.3 Å². The second-order valence-corrected chi connectivity index (χ2v) is 6.28. The smallest absolute Gasteiger partial charge is 0.341 e. The van der Waals surface area contributed by atoms with Crippen LogP contribution in [0.4, 0.5) is 14.5 Å². The molecule has 1 aromatic heterocycles. The van der Waals surface area contributed by atoms with Crippen LogP contribution in [0.2, 0.25) is 0 Å². The van der Waals surface area contributed by atoms with Gasteiger partial charge in [0.05, 0.1) is 5.56 Å². The van der Waals surface area contributed by atoms with Crippen LogP contribution in [0.15, 0.2) is 47.6 Å². The number of rotatable bonds is 8. The van der Waals surface area contributed by atoms with Crippen LogP contribution in [0.1, 0.15) is 27.6 Å². The monoisotopic (exact) mass is 409 g/mol. The van der Waals surface area contributed by atoms with E-state index in [9.17, 15) is 23.2 Å². The molecule has 2 amide bonds. The van der Waals surface area contributed by atoms with Gasteiger partial charge in [-0.1, -0.05) is 6.07 Å². The molecule has 0 saturated carbocycles. The average Bonchev–Trinajstić information content (AvgIpc) is 2.66. The largest absolute Gasteiger partial charge is 0.452 e. The maximum atomic E-state index is 12.5. The maximum Gasteiger partial charge on any atom is 0.341 e. The standard InChI is InChI=1S/C18H17F2N3O4S/c1-2-21-15(25)11-5-3-6-12(9-11)23-14(24)10-27-17(26)13-7-4-8-22-16(13)28-18(19)20/h3-9,18H,2,10H2,1H3,(H,21,25)(H,23,24). The number of nitrogens with zero attached hydrogens (tertiary/aromatic N) is 1. The molecule has 2 rings (SSSR count). The summed E-state index contributed by atoms with van der Waals surface area (Å²) in [6, 6.07) is 8.91. The maximum absolute atomic E-state index is 12.5. The molecule has 148 valence electrons. The molecule has 7 nitrogen and oxygen atoms in total. The Kier molecular flexibility index (Phi) is 7.88. The van der Waals surface area contributed by atoms with Gasteiger partial charge in [0.25, 0.3) is 17.6 Å². The fraction of sp³-hybridized carbons (Fsp3) is 0.222. The fourth-order valence-corrected chi connectivity index (χ4v) is 2.70. The summed E-state index contributed by atoms with van der Waals surface area (Å²) in [5.74, 6) is -4.62. The Morgan fingerprint density at radius 2 is 2.00 bits per heavy atom. The number of benzene rings is 1. The van der Waals surface area contributed by atoms with Gasteiger partial charge in [0, 0.05) is 24.0 Å². The van der Waals surface area contributed by atoms with Crippen LogP contribution in [-0.4, -0.2) is 41.7 Å². The Morgan fingerprint density at radius 3 is 2.71 bits per heavy atom. The van der Waals surface area contributed by atoms with E-state index in [0.717, 1.165) is 0 Å². The van der Waals surface area contributed by atoms with Crippen molar-refractivity contribution >= 4 is 35.2 Å². The van der Waals surface area contributed by atoms with Crippen LogP contribution < -0.4 is 10.6 Å². The normalized spacial score (nSPS) is 10.4. The number of alkyl halides is 2. The Balaban J connectivity index is 1.95. The fourth-order valence-electron chi connectivity index (χ4n) is 2.13. The van der Waals surface area contributed by atoms with Gasteiger partial charge in [0.1, 0.15) is 5.03 Å². The molecule has 2 N–H and O–H groups in total. The van der Waals surface area contributed by atoms with Crippen LogP contribution in [-0.2, 0) is 9.53 Å². The van der Waals surface area contributed by atoms with Crippen molar-refractivity contribution in [3.8, 4) is 0 Å². The number of aromatic nitrogens is 1. The highest BCUT2D eigenvalue weighted by Crippen LogP contribution is 2.26. The van der Waals surface area contributed by atoms with Gasteiger partial charge >= 0.3 is 5.97 Å². The van der Waals surface area contributed by atoms with Crippen LogP contribution >= 0.6 is 11.8 Å². The molecule has 0 fully saturated rings. The highest BCUT2D eigenvalue weighted by molar-refractivity contribution is 7.99. The molecule has 0 radical (unpaired) electrons. The van der Waals surface area contributed by atoms with E-state index in [-0.39, 0.29) is 28.3 Å². The van der Waals surface area contributed by atoms with Gasteiger partial charge < -0.3 is 15.4 Å². The molecular formula is C18H17F2N3O4S. The number of hydrogen-bond donors (Lipinski definition) is 2. The number of ether oxygens (including phenoxy) is 1. The third-order valence-corrected chi connectivity index (χ3v) is 4.00. The summed E-state index contributed by atoms with van der Waals surface area (Å²) >= 11 is 0.115. The van der Waals surface area contributed by atoms with Crippen molar-refractivity contribution in [3.05, 3.63) is 53.7 Å². The molecule has 0 unspecified atom stereocenters. The van der Waals surface area contributed by atoms with E-state index in [0.29, 0.717) is 17.8 Å². The molecular weight excluding hydrogens is 392 g/mol. The lowest BCUT2D eigenvalue weighted by atomic mass is 10.2. The number of halogens is 2. The summed E-state index contributed by atoms with van der Waals surface area (Å²) in [5.41, 5.74) is 0.555. The topological polar surface area (TPSA) is 97.4 Å². The van der Waals surface area contributed by atoms with Crippen molar-refractivity contribution < 1.29 is 27.9 Å². The molecule has 10 heteroatoms. The van der Waals surface area contributed by atoms with Crippen LogP contribution in [0, 0.1) is 0 Å². The molecule has 0 bridgehead atoms. The van der Waals surface area contributed by atoms with E-state index in [1.807, 2.05) is 0 Å². The number of nitrogens with one attached hydrogen (secondary N) is 2. The number of carbonyl (C=O) groups excluding carboxylic acids is 3. The number of amides is 2. The Hall–Kier alpha value is -3.01. The van der Waals surface area contributed by atoms with Crippen LogP contribution in [0.25, 0.3) is 0 Å². The van der Waals surface area contributed by atoms with Gasteiger partial charge in [-0.15, -0.1) is 0 Å². The first-order chi connectivity index (χ1) is 13.4. The minimum atomic E-state index is -2.75. The molecule has 0 atom stereocenters. The molecule has 28 heavy (non-hydrogen) atoms. The zero-order valence-electron chi connectivity index (χ0n) is 14.8. The molecule has 0 saturated heterocycles. The minimum absolute atomic E-state index is 0.115. The van der Waals surface area contributed by atoms with Gasteiger partial charge in [-0.2, -0.15) is 8.78 Å². The van der Waals surface area contributed by atoms with E-state index in [2.05, 4.69) is 15.6 Å². The number of hydrogen-bond acceptors (Lipinski definition) is 6. The number of carbonyl (C=O) groups is 3. The van der Waals surface area contributed by atoms with E-state index in [1.54, 1.807) is 25.1 Å². The summed E-state index contributed by atoms with van der Waals surface area (Å²) in [6.45, 7) is 1.62. The Labute approximate surface area is 163 Å². The second-order valence-electron chi connectivity index (χ2n) is 5.30. The summed E-state index contributed by atoms with van der Waals surface area (Å²) in [5, 5.41) is 4.95. The molecule has 1 heterocycles. The van der Waals surface area contributed by atoms with E-state index < -0.39 is 24.2 Å². The van der Waals surface area contributed by atoms with E-state index in [4.69, 9.17) is 4.74 Å². The number of anilines is 1. The quantitative estimate of drug-likeness (QED) is 0.514. The predicted molar refractivity (Wildman–Crippen MR) is 99.5 cm³/mol. The predicted octanol–water partition coefficient (Wildman–Crippen LogP) is 2.94. The van der Waals surface area contributed by atoms with Gasteiger partial charge in [-0.3, -0.25) is 9.59 Å². The molecule has 0 aliphatic rings. The van der Waals surface area contributed by atoms with Gasteiger partial charge in [0.2, 0.25) is 0 Å². The zero-order valence-corrected chi connectivity index (χ0v) is 15.6. The third-order valence-electron chi connectivity index (χ3n) is 3.27. The zero-order chi connectivity index (χ0) is 20.5. The van der Waals surface area contributed by atoms with Crippen molar-refractivity contribution in [2.24, 2.45) is 0 Å². The molecule has 0 aliphatic carbocycles. The number of thioether (sulfide) groups is 1. The summed E-state index contributed by atoms with van der Waals surface area (Å²) in [7, 11) is 0. The lowest BCUT2D eigenvalue weighted by Gasteiger charge is -2.09.